The molecule has 1 N–H and O–H groups in total. The topological polar surface area (TPSA) is 101 Å². The van der Waals surface area contributed by atoms with Crippen LogP contribution in [0.2, 0.25) is 0 Å². The molecule has 0 atom stereocenters. The van der Waals surface area contributed by atoms with E-state index in [0.29, 0.717) is 0 Å². The highest BCUT2D eigenvalue weighted by atomic mass is 16.5. The summed E-state index contributed by atoms with van der Waals surface area (Å²) in [5, 5.41) is 9.10. The van der Waals surface area contributed by atoms with Gasteiger partial charge in [-0.25, -0.2) is 19.5 Å². The van der Waals surface area contributed by atoms with E-state index >= 15 is 0 Å². The highest BCUT2D eigenvalue weighted by Gasteiger charge is 2.26. The molecule has 26 heavy (non-hydrogen) atoms. The average molecular weight is 353 g/mol. The minimum atomic E-state index is -1.21. The maximum Gasteiger partial charge on any atom is 0.416 e. The highest BCUT2D eigenvalue weighted by molar-refractivity contribution is 6.02. The van der Waals surface area contributed by atoms with Crippen molar-refractivity contribution < 1.29 is 24.2 Å². The molecule has 0 fully saturated rings. The van der Waals surface area contributed by atoms with Crippen LogP contribution in [0.5, 0.6) is 0 Å². The van der Waals surface area contributed by atoms with E-state index in [4.69, 9.17) is 9.84 Å². The van der Waals surface area contributed by atoms with Gasteiger partial charge in [0.25, 0.3) is 5.91 Å². The molecule has 8 heteroatoms. The van der Waals surface area contributed by atoms with Gasteiger partial charge in [0.15, 0.2) is 5.69 Å². The number of carboxylic acid groups (broad SMARTS) is 1. The number of nitrogens with zero attached hydrogens (tertiary/aromatic N) is 3. The molecule has 3 aromatic rings. The molecule has 1 aromatic carbocycles. The molecule has 2 heterocycles. The van der Waals surface area contributed by atoms with Crippen LogP contribution >= 0.6 is 0 Å². The van der Waals surface area contributed by atoms with Crippen LogP contribution in [-0.2, 0) is 11.3 Å². The predicted octanol–water partition coefficient (Wildman–Crippen LogP) is 2.44. The number of ether oxygens (including phenoxy) is 1. The highest BCUT2D eigenvalue weighted by Crippen LogP contribution is 2.15. The van der Waals surface area contributed by atoms with Gasteiger partial charge in [0.05, 0.1) is 13.7 Å². The number of benzene rings is 1. The van der Waals surface area contributed by atoms with Crippen molar-refractivity contribution in [2.75, 3.05) is 7.11 Å². The Morgan fingerprint density at radius 2 is 1.85 bits per heavy atom. The third-order valence-electron chi connectivity index (χ3n) is 3.75. The molecule has 3 rings (SSSR count). The standard InChI is InChI=1S/C18H15N3O5/c1-26-18(25)21(10-12-6-3-2-4-7-12)16(22)14-8-5-9-15-19-13(17(23)24)11-20(14)15/h2-9,11H,10H2,1H3,(H,23,24). The minimum absolute atomic E-state index is 0.0171. The number of carbonyl (C=O) groups excluding carboxylic acids is 2. The zero-order valence-corrected chi connectivity index (χ0v) is 13.8. The maximum atomic E-state index is 13.0. The number of carboxylic acids is 1. The number of amides is 2. The van der Waals surface area contributed by atoms with Crippen LogP contribution in [0.25, 0.3) is 5.65 Å². The lowest BCUT2D eigenvalue weighted by Gasteiger charge is -2.20. The predicted molar refractivity (Wildman–Crippen MR) is 90.9 cm³/mol. The fourth-order valence-electron chi connectivity index (χ4n) is 2.52. The van der Waals surface area contributed by atoms with Crippen molar-refractivity contribution in [2.24, 2.45) is 0 Å². The fraction of sp³-hybridized carbons (Fsp3) is 0.111. The summed E-state index contributed by atoms with van der Waals surface area (Å²) in [7, 11) is 1.19. The molecule has 0 aliphatic heterocycles. The van der Waals surface area contributed by atoms with Crippen molar-refractivity contribution in [1.82, 2.24) is 14.3 Å². The first-order valence-corrected chi connectivity index (χ1v) is 7.66. The number of methoxy groups -OCH3 is 1. The van der Waals surface area contributed by atoms with Gasteiger partial charge in [-0.15, -0.1) is 0 Å². The summed E-state index contributed by atoms with van der Waals surface area (Å²) in [6.45, 7) is 0.0171. The molecule has 0 aliphatic carbocycles. The molecule has 2 amide bonds. The number of rotatable bonds is 4. The van der Waals surface area contributed by atoms with Crippen molar-refractivity contribution in [2.45, 2.75) is 6.54 Å². The van der Waals surface area contributed by atoms with Gasteiger partial charge in [-0.2, -0.15) is 0 Å². The van der Waals surface area contributed by atoms with Crippen molar-refractivity contribution in [3.63, 3.8) is 0 Å². The van der Waals surface area contributed by atoms with Gasteiger partial charge in [0.1, 0.15) is 11.3 Å². The molecule has 8 nitrogen and oxygen atoms in total. The molecule has 132 valence electrons. The van der Waals surface area contributed by atoms with E-state index in [1.54, 1.807) is 36.4 Å². The summed E-state index contributed by atoms with van der Waals surface area (Å²) in [4.78, 5) is 41.1. The summed E-state index contributed by atoms with van der Waals surface area (Å²) in [5.41, 5.74) is 0.940. The van der Waals surface area contributed by atoms with E-state index in [9.17, 15) is 14.4 Å². The Morgan fingerprint density at radius 1 is 1.12 bits per heavy atom. The molecule has 0 spiro atoms. The number of fused-ring (bicyclic) bond motifs is 1. The van der Waals surface area contributed by atoms with Gasteiger partial charge in [-0.05, 0) is 17.7 Å². The second-order valence-electron chi connectivity index (χ2n) is 5.42. The van der Waals surface area contributed by atoms with E-state index in [0.717, 1.165) is 10.5 Å². The Labute approximate surface area is 148 Å². The molecule has 0 aliphatic rings. The minimum Gasteiger partial charge on any atom is -0.476 e. The number of imidazole rings is 1. The first-order valence-electron chi connectivity index (χ1n) is 7.66. The zero-order chi connectivity index (χ0) is 18.7. The Bertz CT molecular complexity index is 981. The molecule has 2 aromatic heterocycles. The van der Waals surface area contributed by atoms with E-state index in [1.807, 2.05) is 6.07 Å². The lowest BCUT2D eigenvalue weighted by molar-refractivity contribution is 0.0674. The molecule has 0 unspecified atom stereocenters. The number of aromatic nitrogens is 2. The van der Waals surface area contributed by atoms with E-state index in [-0.39, 0.29) is 23.6 Å². The quantitative estimate of drug-likeness (QED) is 0.773. The number of pyridine rings is 1. The first-order chi connectivity index (χ1) is 12.5. The average Bonchev–Trinajstić information content (AvgIpc) is 3.10. The summed E-state index contributed by atoms with van der Waals surface area (Å²) < 4.78 is 6.07. The SMILES string of the molecule is COC(=O)N(Cc1ccccc1)C(=O)c1cccc2nc(C(=O)O)cn12. The normalized spacial score (nSPS) is 10.5. The van der Waals surface area contributed by atoms with Crippen LogP contribution in [0.15, 0.2) is 54.7 Å². The van der Waals surface area contributed by atoms with Crippen LogP contribution in [0.4, 0.5) is 4.79 Å². The Balaban J connectivity index is 2.02. The van der Waals surface area contributed by atoms with Crippen LogP contribution in [0.1, 0.15) is 26.5 Å². The van der Waals surface area contributed by atoms with E-state index in [2.05, 4.69) is 4.98 Å². The lowest BCUT2D eigenvalue weighted by Crippen LogP contribution is -2.37. The van der Waals surface area contributed by atoms with Crippen molar-refractivity contribution in [3.05, 3.63) is 71.7 Å². The van der Waals surface area contributed by atoms with Crippen molar-refractivity contribution in [1.29, 1.82) is 0 Å². The largest absolute Gasteiger partial charge is 0.476 e. The Morgan fingerprint density at radius 3 is 2.50 bits per heavy atom. The van der Waals surface area contributed by atoms with Gasteiger partial charge in [-0.3, -0.25) is 9.20 Å². The number of carbonyl (C=O) groups is 3. The number of hydrogen-bond acceptors (Lipinski definition) is 5. The van der Waals surface area contributed by atoms with Gasteiger partial charge in [0.2, 0.25) is 0 Å². The number of aromatic carboxylic acids is 1. The number of imide groups is 1. The van der Waals surface area contributed by atoms with Crippen LogP contribution in [-0.4, -0.2) is 44.5 Å². The van der Waals surface area contributed by atoms with Crippen LogP contribution < -0.4 is 0 Å². The van der Waals surface area contributed by atoms with Gasteiger partial charge in [-0.1, -0.05) is 36.4 Å². The maximum absolute atomic E-state index is 13.0. The molecule has 0 radical (unpaired) electrons. The lowest BCUT2D eigenvalue weighted by atomic mass is 10.2. The molecule has 0 saturated heterocycles. The fourth-order valence-corrected chi connectivity index (χ4v) is 2.52. The smallest absolute Gasteiger partial charge is 0.416 e. The summed E-state index contributed by atoms with van der Waals surface area (Å²) in [6.07, 6.45) is 0.428. The van der Waals surface area contributed by atoms with Gasteiger partial charge >= 0.3 is 12.1 Å². The zero-order valence-electron chi connectivity index (χ0n) is 13.8. The van der Waals surface area contributed by atoms with Gasteiger partial charge in [0, 0.05) is 6.20 Å². The molecular weight excluding hydrogens is 338 g/mol. The Hall–Kier alpha value is -3.68. The summed E-state index contributed by atoms with van der Waals surface area (Å²) in [6, 6.07) is 13.6. The van der Waals surface area contributed by atoms with Crippen molar-refractivity contribution >= 4 is 23.6 Å². The molecule has 0 bridgehead atoms. The van der Waals surface area contributed by atoms with Crippen LogP contribution in [0, 0.1) is 0 Å². The Kier molecular flexibility index (Phi) is 4.66. The first kappa shape index (κ1) is 17.2. The van der Waals surface area contributed by atoms with Gasteiger partial charge < -0.3 is 9.84 Å². The molecular formula is C18H15N3O5. The summed E-state index contributed by atoms with van der Waals surface area (Å²) >= 11 is 0. The van der Waals surface area contributed by atoms with Crippen molar-refractivity contribution in [3.8, 4) is 0 Å². The third-order valence-corrected chi connectivity index (χ3v) is 3.75. The monoisotopic (exact) mass is 353 g/mol. The van der Waals surface area contributed by atoms with Crippen LogP contribution in [0.3, 0.4) is 0 Å². The van der Waals surface area contributed by atoms with E-state index in [1.165, 1.54) is 23.8 Å². The third kappa shape index (κ3) is 3.25. The number of hydrogen-bond donors (Lipinski definition) is 1. The summed E-state index contributed by atoms with van der Waals surface area (Å²) in [5.74, 6) is -1.83. The second-order valence-corrected chi connectivity index (χ2v) is 5.42. The molecule has 0 saturated carbocycles. The van der Waals surface area contributed by atoms with E-state index < -0.39 is 18.0 Å². The second kappa shape index (κ2) is 7.06.